The van der Waals surface area contributed by atoms with Gasteiger partial charge in [-0.05, 0) is 24.3 Å². The zero-order valence-electron chi connectivity index (χ0n) is 17.3. The van der Waals surface area contributed by atoms with Crippen LogP contribution in [0.4, 0.5) is 11.4 Å². The highest BCUT2D eigenvalue weighted by Gasteiger charge is 2.30. The predicted molar refractivity (Wildman–Crippen MR) is 122 cm³/mol. The number of nitro groups is 1. The Morgan fingerprint density at radius 3 is 2.76 bits per heavy atom. The van der Waals surface area contributed by atoms with Crippen LogP contribution >= 0.6 is 11.3 Å². The molecule has 168 valence electrons. The molecule has 0 radical (unpaired) electrons. The summed E-state index contributed by atoms with van der Waals surface area (Å²) in [6.07, 6.45) is 1.20. The maximum atomic E-state index is 12.3. The number of rotatable bonds is 8. The van der Waals surface area contributed by atoms with Crippen molar-refractivity contribution in [3.63, 3.8) is 0 Å². The summed E-state index contributed by atoms with van der Waals surface area (Å²) >= 11 is 1.37. The summed E-state index contributed by atoms with van der Waals surface area (Å²) < 4.78 is 5.04. The van der Waals surface area contributed by atoms with E-state index >= 15 is 0 Å². The van der Waals surface area contributed by atoms with Crippen LogP contribution in [0.5, 0.6) is 5.75 Å². The standard InChI is InChI=1S/C22H18N4O6S/c1-32-19-6-5-13(10-18(19)26(30)31)17-12-33-21(24-17)14-3-2-4-15(9-14)23-16-11-20(28)25(7-8-27)22(16)29/h2-6,9-12,23,27H,7-8H2,1H3. The number of thiazole rings is 1. The molecule has 0 spiro atoms. The number of methoxy groups -OCH3 is 1. The monoisotopic (exact) mass is 466 g/mol. The molecule has 0 bridgehead atoms. The predicted octanol–water partition coefficient (Wildman–Crippen LogP) is 3.05. The minimum atomic E-state index is -0.504. The number of benzene rings is 2. The molecule has 0 fully saturated rings. The first kappa shape index (κ1) is 22.1. The lowest BCUT2D eigenvalue weighted by atomic mass is 10.1. The third-order valence-corrected chi connectivity index (χ3v) is 5.79. The fourth-order valence-corrected chi connectivity index (χ4v) is 4.15. The molecule has 11 heteroatoms. The van der Waals surface area contributed by atoms with Crippen LogP contribution in [0.3, 0.4) is 0 Å². The SMILES string of the molecule is COc1ccc(-c2csc(-c3cccc(NC4=CC(=O)N(CCO)C4=O)c3)n2)cc1[N+](=O)[O-]. The first-order valence-corrected chi connectivity index (χ1v) is 10.6. The molecule has 3 aromatic rings. The van der Waals surface area contributed by atoms with Gasteiger partial charge in [0.2, 0.25) is 0 Å². The second kappa shape index (κ2) is 9.18. The van der Waals surface area contributed by atoms with Gasteiger partial charge in [0.05, 0.1) is 30.9 Å². The fourth-order valence-electron chi connectivity index (χ4n) is 3.33. The highest BCUT2D eigenvalue weighted by molar-refractivity contribution is 7.13. The molecule has 33 heavy (non-hydrogen) atoms. The van der Waals surface area contributed by atoms with Crippen molar-refractivity contribution in [2.24, 2.45) is 0 Å². The molecule has 1 aliphatic rings. The van der Waals surface area contributed by atoms with E-state index in [0.29, 0.717) is 22.0 Å². The number of nitrogens with one attached hydrogen (secondary N) is 1. The second-order valence-electron chi connectivity index (χ2n) is 6.96. The normalized spacial score (nSPS) is 13.3. The van der Waals surface area contributed by atoms with Crippen LogP contribution in [0, 0.1) is 10.1 Å². The molecule has 2 aromatic carbocycles. The van der Waals surface area contributed by atoms with Crippen LogP contribution in [0.1, 0.15) is 0 Å². The number of β-amino-alcohol motifs (C(OH)–C–C–N with tert-alkyl or cyclic N) is 1. The van der Waals surface area contributed by atoms with Crippen LogP contribution in [0.15, 0.2) is 59.6 Å². The van der Waals surface area contributed by atoms with Crippen LogP contribution in [0.2, 0.25) is 0 Å². The Morgan fingerprint density at radius 2 is 2.03 bits per heavy atom. The molecule has 2 heterocycles. The van der Waals surface area contributed by atoms with Gasteiger partial charge in [0.1, 0.15) is 10.7 Å². The number of hydrogen-bond donors (Lipinski definition) is 2. The topological polar surface area (TPSA) is 135 Å². The van der Waals surface area contributed by atoms with Crippen molar-refractivity contribution < 1.29 is 24.4 Å². The molecular formula is C22H18N4O6S. The number of carbonyl (C=O) groups is 2. The van der Waals surface area contributed by atoms with E-state index < -0.39 is 16.7 Å². The first-order valence-electron chi connectivity index (χ1n) is 9.75. The van der Waals surface area contributed by atoms with Crippen LogP contribution in [-0.4, -0.2) is 52.0 Å². The number of aliphatic hydroxyl groups excluding tert-OH is 1. The molecule has 2 amide bonds. The highest BCUT2D eigenvalue weighted by atomic mass is 32.1. The molecule has 10 nitrogen and oxygen atoms in total. The maximum absolute atomic E-state index is 12.3. The van der Waals surface area contributed by atoms with Crippen molar-refractivity contribution >= 4 is 34.5 Å². The lowest BCUT2D eigenvalue weighted by Gasteiger charge is -2.13. The van der Waals surface area contributed by atoms with Gasteiger partial charge >= 0.3 is 5.69 Å². The van der Waals surface area contributed by atoms with Crippen LogP contribution in [-0.2, 0) is 9.59 Å². The van der Waals surface area contributed by atoms with Crippen molar-refractivity contribution in [3.05, 3.63) is 69.7 Å². The summed E-state index contributed by atoms with van der Waals surface area (Å²) in [7, 11) is 1.37. The van der Waals surface area contributed by atoms with E-state index in [4.69, 9.17) is 9.84 Å². The molecule has 1 aromatic heterocycles. The summed E-state index contributed by atoms with van der Waals surface area (Å²) in [5, 5.41) is 25.7. The quantitative estimate of drug-likeness (QED) is 0.294. The number of aromatic nitrogens is 1. The van der Waals surface area contributed by atoms with E-state index in [1.165, 1.54) is 36.7 Å². The minimum Gasteiger partial charge on any atom is -0.490 e. The van der Waals surface area contributed by atoms with Crippen molar-refractivity contribution in [2.45, 2.75) is 0 Å². The van der Waals surface area contributed by atoms with Crippen molar-refractivity contribution in [2.75, 3.05) is 25.6 Å². The zero-order valence-corrected chi connectivity index (χ0v) is 18.2. The number of anilines is 1. The first-order chi connectivity index (χ1) is 15.9. The maximum Gasteiger partial charge on any atom is 0.311 e. The van der Waals surface area contributed by atoms with Crippen LogP contribution < -0.4 is 10.1 Å². The smallest absolute Gasteiger partial charge is 0.311 e. The van der Waals surface area contributed by atoms with Gasteiger partial charge in [0.25, 0.3) is 11.8 Å². The Labute approximate surface area is 191 Å². The van der Waals surface area contributed by atoms with E-state index in [9.17, 15) is 19.7 Å². The van der Waals surface area contributed by atoms with Gasteiger partial charge in [0.15, 0.2) is 5.75 Å². The molecule has 0 atom stereocenters. The Balaban J connectivity index is 1.57. The van der Waals surface area contributed by atoms with Crippen molar-refractivity contribution in [1.29, 1.82) is 0 Å². The molecule has 1 aliphatic heterocycles. The van der Waals surface area contributed by atoms with Gasteiger partial charge in [0, 0.05) is 34.3 Å². The Hall–Kier alpha value is -4.09. The molecule has 0 unspecified atom stereocenters. The number of amides is 2. The molecule has 0 aliphatic carbocycles. The lowest BCUT2D eigenvalue weighted by Crippen LogP contribution is -2.34. The van der Waals surface area contributed by atoms with Gasteiger partial charge in [-0.2, -0.15) is 0 Å². The Kier molecular flexibility index (Phi) is 6.16. The average molecular weight is 466 g/mol. The van der Waals surface area contributed by atoms with Gasteiger partial charge in [-0.25, -0.2) is 4.98 Å². The molecule has 0 saturated heterocycles. The molecule has 2 N–H and O–H groups in total. The number of nitrogens with zero attached hydrogens (tertiary/aromatic N) is 3. The van der Waals surface area contributed by atoms with E-state index in [0.717, 1.165) is 10.5 Å². The third kappa shape index (κ3) is 4.45. The van der Waals surface area contributed by atoms with Gasteiger partial charge < -0.3 is 15.2 Å². The molecule has 4 rings (SSSR count). The lowest BCUT2D eigenvalue weighted by molar-refractivity contribution is -0.385. The van der Waals surface area contributed by atoms with Gasteiger partial charge in [-0.1, -0.05) is 12.1 Å². The summed E-state index contributed by atoms with van der Waals surface area (Å²) in [6.45, 7) is -0.372. The van der Waals surface area contributed by atoms with E-state index in [-0.39, 0.29) is 30.3 Å². The van der Waals surface area contributed by atoms with Gasteiger partial charge in [-0.3, -0.25) is 24.6 Å². The average Bonchev–Trinajstić information content (AvgIpc) is 3.40. The number of imide groups is 1. The van der Waals surface area contributed by atoms with Crippen LogP contribution in [0.25, 0.3) is 21.8 Å². The zero-order chi connectivity index (χ0) is 23.5. The molecular weight excluding hydrogens is 448 g/mol. The summed E-state index contributed by atoms with van der Waals surface area (Å²) in [5.41, 5.74) is 2.50. The second-order valence-corrected chi connectivity index (χ2v) is 7.82. The molecule has 0 saturated carbocycles. The minimum absolute atomic E-state index is 0.0647. The number of carbonyl (C=O) groups excluding carboxylic acids is 2. The van der Waals surface area contributed by atoms with E-state index in [2.05, 4.69) is 10.3 Å². The largest absolute Gasteiger partial charge is 0.490 e. The van der Waals surface area contributed by atoms with Gasteiger partial charge in [-0.15, -0.1) is 11.3 Å². The third-order valence-electron chi connectivity index (χ3n) is 4.90. The number of hydrogen-bond acceptors (Lipinski definition) is 9. The van der Waals surface area contributed by atoms with E-state index in [1.54, 1.807) is 29.6 Å². The number of aliphatic hydroxyl groups is 1. The number of nitro benzene ring substituents is 1. The summed E-state index contributed by atoms with van der Waals surface area (Å²) in [5.74, 6) is -0.812. The highest BCUT2D eigenvalue weighted by Crippen LogP contribution is 2.35. The van der Waals surface area contributed by atoms with Crippen molar-refractivity contribution in [3.8, 4) is 27.6 Å². The van der Waals surface area contributed by atoms with E-state index in [1.807, 2.05) is 6.07 Å². The summed E-state index contributed by atoms with van der Waals surface area (Å²) in [6, 6.07) is 11.8. The Morgan fingerprint density at radius 1 is 1.21 bits per heavy atom. The summed E-state index contributed by atoms with van der Waals surface area (Å²) in [4.78, 5) is 40.6. The fraction of sp³-hybridized carbons (Fsp3) is 0.136. The number of ether oxygens (including phenoxy) is 1. The Bertz CT molecular complexity index is 1290. The van der Waals surface area contributed by atoms with Crippen molar-refractivity contribution in [1.82, 2.24) is 9.88 Å².